The molecule has 0 aliphatic heterocycles. The number of rotatable bonds is 8. The Balaban J connectivity index is 1.10. The molecule has 9 aromatic carbocycles. The monoisotopic (exact) mass is 868 g/mol. The molecule has 2 unspecified atom stereocenters. The van der Waals surface area contributed by atoms with Gasteiger partial charge in [-0.05, 0) is 98.0 Å². The quantitative estimate of drug-likeness (QED) is 0.153. The first kappa shape index (κ1) is 39.6. The van der Waals surface area contributed by atoms with Crippen LogP contribution in [0.5, 0.6) is 0 Å². The van der Waals surface area contributed by atoms with E-state index < -0.39 is 5.41 Å². The lowest BCUT2D eigenvalue weighted by Crippen LogP contribution is -2.34. The molecule has 0 saturated carbocycles. The zero-order chi connectivity index (χ0) is 45.0. The maximum Gasteiger partial charge on any atom is 0.164 e. The number of nitrogens with zero attached hydrogens (tertiary/aromatic N) is 4. The zero-order valence-electron chi connectivity index (χ0n) is 37.2. The Morgan fingerprint density at radius 2 is 0.897 bits per heavy atom. The predicted octanol–water partition coefficient (Wildman–Crippen LogP) is 16.0. The number of aromatic nitrogens is 3. The van der Waals surface area contributed by atoms with Crippen molar-refractivity contribution < 1.29 is 0 Å². The van der Waals surface area contributed by atoms with Crippen molar-refractivity contribution in [1.29, 1.82) is 0 Å². The second-order valence-electron chi connectivity index (χ2n) is 17.8. The van der Waals surface area contributed by atoms with Crippen molar-refractivity contribution in [2.24, 2.45) is 5.92 Å². The summed E-state index contributed by atoms with van der Waals surface area (Å²) >= 11 is 0. The lowest BCUT2D eigenvalue weighted by Gasteiger charge is -2.39. The van der Waals surface area contributed by atoms with E-state index in [1.807, 2.05) is 36.4 Å². The van der Waals surface area contributed by atoms with Crippen molar-refractivity contribution in [3.05, 3.63) is 271 Å². The first-order chi connectivity index (χ1) is 33.7. The molecule has 4 heteroatoms. The number of fused-ring (bicyclic) bond motifs is 10. The van der Waals surface area contributed by atoms with Crippen LogP contribution in [-0.4, -0.2) is 15.0 Å². The van der Waals surface area contributed by atoms with Gasteiger partial charge in [-0.2, -0.15) is 0 Å². The van der Waals surface area contributed by atoms with E-state index in [1.165, 1.54) is 55.6 Å². The maximum absolute atomic E-state index is 5.42. The Morgan fingerprint density at radius 1 is 0.382 bits per heavy atom. The Hall–Kier alpha value is -8.73. The van der Waals surface area contributed by atoms with Gasteiger partial charge in [-0.15, -0.1) is 0 Å². The van der Waals surface area contributed by atoms with E-state index in [0.29, 0.717) is 17.5 Å². The first-order valence-electron chi connectivity index (χ1n) is 23.5. The van der Waals surface area contributed by atoms with Gasteiger partial charge in [0.15, 0.2) is 17.5 Å². The van der Waals surface area contributed by atoms with Gasteiger partial charge < -0.3 is 4.90 Å². The van der Waals surface area contributed by atoms with Crippen LogP contribution < -0.4 is 4.90 Å². The third-order valence-corrected chi connectivity index (χ3v) is 14.2. The molecule has 0 N–H and O–H groups in total. The standard InChI is InChI=1S/C64H44N4/c1-5-20-43(21-6-1)45-38-40-49(41-39-45)68(50-29-17-28-48(42-50)44-22-7-2-8-23-44)58-37-19-33-54-52-31-14-16-36-57(52)64(60(54)58)56-35-15-13-30-51(56)53-32-18-34-55(59(53)64)63-66-61(46-24-9-3-10-25-46)65-62(67-63)47-26-11-4-12-27-47/h1-35,37-42,57H,36H2. The van der Waals surface area contributed by atoms with E-state index in [1.54, 1.807) is 0 Å². The third kappa shape index (κ3) is 6.33. The van der Waals surface area contributed by atoms with Gasteiger partial charge in [-0.25, -0.2) is 15.0 Å². The fourth-order valence-corrected chi connectivity index (χ4v) is 11.3. The fourth-order valence-electron chi connectivity index (χ4n) is 11.3. The van der Waals surface area contributed by atoms with Crippen molar-refractivity contribution in [3.63, 3.8) is 0 Å². The van der Waals surface area contributed by atoms with Crippen LogP contribution in [0, 0.1) is 5.92 Å². The molecule has 3 aliphatic rings. The highest BCUT2D eigenvalue weighted by Gasteiger charge is 2.58. The van der Waals surface area contributed by atoms with E-state index >= 15 is 0 Å². The molecule has 320 valence electrons. The van der Waals surface area contributed by atoms with Crippen LogP contribution in [-0.2, 0) is 5.41 Å². The van der Waals surface area contributed by atoms with Gasteiger partial charge in [0.2, 0.25) is 0 Å². The summed E-state index contributed by atoms with van der Waals surface area (Å²) < 4.78 is 0. The summed E-state index contributed by atoms with van der Waals surface area (Å²) in [6, 6.07) is 82.9. The highest BCUT2D eigenvalue weighted by molar-refractivity contribution is 6.00. The summed E-state index contributed by atoms with van der Waals surface area (Å²) in [7, 11) is 0. The minimum absolute atomic E-state index is 0.0918. The minimum atomic E-state index is -0.628. The van der Waals surface area contributed by atoms with Crippen LogP contribution >= 0.6 is 0 Å². The summed E-state index contributed by atoms with van der Waals surface area (Å²) in [5.41, 5.74) is 19.2. The molecule has 1 spiro atoms. The number of hydrogen-bond acceptors (Lipinski definition) is 4. The van der Waals surface area contributed by atoms with Crippen molar-refractivity contribution in [2.75, 3.05) is 4.90 Å². The number of hydrogen-bond donors (Lipinski definition) is 0. The molecule has 4 nitrogen and oxygen atoms in total. The van der Waals surface area contributed by atoms with Crippen molar-refractivity contribution in [2.45, 2.75) is 11.8 Å². The predicted molar refractivity (Wildman–Crippen MR) is 279 cm³/mol. The Morgan fingerprint density at radius 3 is 1.59 bits per heavy atom. The van der Waals surface area contributed by atoms with Crippen LogP contribution in [0.3, 0.4) is 0 Å². The van der Waals surface area contributed by atoms with Crippen LogP contribution in [0.1, 0.15) is 28.7 Å². The lowest BCUT2D eigenvalue weighted by atomic mass is 9.64. The molecule has 0 bridgehead atoms. The van der Waals surface area contributed by atoms with Crippen molar-refractivity contribution in [3.8, 4) is 67.5 Å². The average molecular weight is 869 g/mol. The molecule has 2 atom stereocenters. The highest BCUT2D eigenvalue weighted by Crippen LogP contribution is 2.69. The van der Waals surface area contributed by atoms with Gasteiger partial charge >= 0.3 is 0 Å². The van der Waals surface area contributed by atoms with Gasteiger partial charge in [0, 0.05) is 34.0 Å². The molecule has 0 radical (unpaired) electrons. The van der Waals surface area contributed by atoms with Crippen molar-refractivity contribution >= 4 is 22.6 Å². The second-order valence-corrected chi connectivity index (χ2v) is 17.8. The SMILES string of the molecule is C1=CCC2C(=C1)c1cccc(N(c3ccc(-c4ccccc4)cc3)c3cccc(-c4ccccc4)c3)c1C21c2ccccc2-c2cccc(-c3nc(-c4ccccc4)nc(-c4ccccc4)n3)c21. The molecule has 1 heterocycles. The number of allylic oxidation sites excluding steroid dienone is 4. The molecular weight excluding hydrogens is 825 g/mol. The molecule has 1 aromatic heterocycles. The van der Waals surface area contributed by atoms with Crippen LogP contribution in [0.2, 0.25) is 0 Å². The summed E-state index contributed by atoms with van der Waals surface area (Å²) in [6.45, 7) is 0. The third-order valence-electron chi connectivity index (χ3n) is 14.2. The second kappa shape index (κ2) is 16.3. The molecule has 3 aliphatic carbocycles. The lowest BCUT2D eigenvalue weighted by molar-refractivity contribution is 0.496. The van der Waals surface area contributed by atoms with Gasteiger partial charge in [-0.3, -0.25) is 0 Å². The number of benzene rings is 9. The van der Waals surface area contributed by atoms with Crippen LogP contribution in [0.4, 0.5) is 17.1 Å². The fraction of sp³-hybridized carbons (Fsp3) is 0.0469. The Bertz CT molecular complexity index is 3530. The molecular formula is C64H44N4. The summed E-state index contributed by atoms with van der Waals surface area (Å²) in [5.74, 6) is 2.05. The van der Waals surface area contributed by atoms with E-state index in [4.69, 9.17) is 15.0 Å². The Kier molecular flexibility index (Phi) is 9.50. The van der Waals surface area contributed by atoms with Gasteiger partial charge in [0.05, 0.1) is 11.1 Å². The molecule has 10 aromatic rings. The normalized spacial score (nSPS) is 16.1. The topological polar surface area (TPSA) is 41.9 Å². The minimum Gasteiger partial charge on any atom is -0.310 e. The molecule has 0 amide bonds. The first-order valence-corrected chi connectivity index (χ1v) is 23.5. The van der Waals surface area contributed by atoms with E-state index in [0.717, 1.165) is 45.7 Å². The smallest absolute Gasteiger partial charge is 0.164 e. The van der Waals surface area contributed by atoms with Gasteiger partial charge in [0.1, 0.15) is 0 Å². The maximum atomic E-state index is 5.42. The van der Waals surface area contributed by atoms with Crippen LogP contribution in [0.15, 0.2) is 249 Å². The van der Waals surface area contributed by atoms with Gasteiger partial charge in [-0.1, -0.05) is 218 Å². The number of anilines is 3. The molecule has 0 fully saturated rings. The molecule has 68 heavy (non-hydrogen) atoms. The largest absolute Gasteiger partial charge is 0.310 e. The average Bonchev–Trinajstić information content (AvgIpc) is 3.90. The molecule has 0 saturated heterocycles. The zero-order valence-corrected chi connectivity index (χ0v) is 37.2. The summed E-state index contributed by atoms with van der Waals surface area (Å²) in [6.07, 6.45) is 7.85. The van der Waals surface area contributed by atoms with Gasteiger partial charge in [0.25, 0.3) is 0 Å². The Labute approximate surface area is 397 Å². The van der Waals surface area contributed by atoms with E-state index in [9.17, 15) is 0 Å². The van der Waals surface area contributed by atoms with E-state index in [-0.39, 0.29) is 5.92 Å². The summed E-state index contributed by atoms with van der Waals surface area (Å²) in [5, 5.41) is 0. The van der Waals surface area contributed by atoms with Crippen molar-refractivity contribution in [1.82, 2.24) is 15.0 Å². The van der Waals surface area contributed by atoms with E-state index in [2.05, 4.69) is 217 Å². The summed E-state index contributed by atoms with van der Waals surface area (Å²) in [4.78, 5) is 18.5. The highest BCUT2D eigenvalue weighted by atomic mass is 15.1. The molecule has 13 rings (SSSR count). The van der Waals surface area contributed by atoms with Crippen LogP contribution in [0.25, 0.3) is 73.1 Å².